The largest absolute Gasteiger partial charge is 0.305 e. The summed E-state index contributed by atoms with van der Waals surface area (Å²) < 4.78 is 13.7. The maximum Gasteiger partial charge on any atom is 0.305 e. The lowest BCUT2D eigenvalue weighted by molar-refractivity contribution is -0.387. The number of nitro benzene ring substituents is 1. The lowest BCUT2D eigenvalue weighted by Gasteiger charge is -1.97. The summed E-state index contributed by atoms with van der Waals surface area (Å²) in [4.78, 5) is 13.9. The van der Waals surface area contributed by atoms with Crippen molar-refractivity contribution in [3.8, 4) is 11.3 Å². The molecule has 0 radical (unpaired) electrons. The first-order valence-electron chi connectivity index (χ1n) is 4.13. The number of aromatic nitrogens is 1. The Morgan fingerprint density at radius 2 is 2.25 bits per heavy atom. The third-order valence-corrected chi connectivity index (χ3v) is 3.28. The van der Waals surface area contributed by atoms with Crippen LogP contribution in [0, 0.1) is 15.9 Å². The summed E-state index contributed by atoms with van der Waals surface area (Å²) in [6, 6.07) is 3.71. The van der Waals surface area contributed by atoms with E-state index in [1.165, 1.54) is 23.5 Å². The topological polar surface area (TPSA) is 56.0 Å². The minimum absolute atomic E-state index is 0.523. The Morgan fingerprint density at radius 3 is 2.81 bits per heavy atom. The molecule has 2 aromatic rings. The Labute approximate surface area is 102 Å². The smallest absolute Gasteiger partial charge is 0.258 e. The van der Waals surface area contributed by atoms with E-state index in [1.54, 1.807) is 5.38 Å². The zero-order valence-electron chi connectivity index (χ0n) is 7.68. The Balaban J connectivity index is 2.51. The SMILES string of the molecule is O=[N+]([O-])c1cc(-c2csc(Br)n2)ccc1F. The van der Waals surface area contributed by atoms with Gasteiger partial charge in [-0.25, -0.2) is 4.98 Å². The van der Waals surface area contributed by atoms with Crippen molar-refractivity contribution in [1.29, 1.82) is 0 Å². The fourth-order valence-electron chi connectivity index (χ4n) is 1.20. The molecule has 0 bridgehead atoms. The third-order valence-electron chi connectivity index (χ3n) is 1.91. The Hall–Kier alpha value is -1.34. The molecule has 1 heterocycles. The highest BCUT2D eigenvalue weighted by atomic mass is 79.9. The predicted octanol–water partition coefficient (Wildman–Crippen LogP) is 3.62. The summed E-state index contributed by atoms with van der Waals surface area (Å²) in [5.74, 6) is -0.844. The Bertz CT molecular complexity index is 558. The zero-order chi connectivity index (χ0) is 11.7. The first kappa shape index (κ1) is 11.2. The van der Waals surface area contributed by atoms with Crippen molar-refractivity contribution in [2.75, 3.05) is 0 Å². The number of benzene rings is 1. The van der Waals surface area contributed by atoms with Crippen molar-refractivity contribution in [2.24, 2.45) is 0 Å². The molecule has 0 unspecified atom stereocenters. The number of hydrogen-bond acceptors (Lipinski definition) is 4. The van der Waals surface area contributed by atoms with Crippen LogP contribution in [0.4, 0.5) is 10.1 Å². The molecular formula is C9H4BrFN2O2S. The lowest BCUT2D eigenvalue weighted by Crippen LogP contribution is -1.92. The van der Waals surface area contributed by atoms with Crippen LogP contribution < -0.4 is 0 Å². The van der Waals surface area contributed by atoms with Gasteiger partial charge in [0, 0.05) is 17.0 Å². The monoisotopic (exact) mass is 302 g/mol. The van der Waals surface area contributed by atoms with Crippen molar-refractivity contribution in [2.45, 2.75) is 0 Å². The number of hydrogen-bond donors (Lipinski definition) is 0. The molecule has 0 N–H and O–H groups in total. The van der Waals surface area contributed by atoms with E-state index in [9.17, 15) is 14.5 Å². The van der Waals surface area contributed by atoms with Gasteiger partial charge >= 0.3 is 5.69 Å². The van der Waals surface area contributed by atoms with E-state index in [4.69, 9.17) is 0 Å². The molecule has 0 atom stereocenters. The van der Waals surface area contributed by atoms with E-state index in [0.717, 1.165) is 6.07 Å². The van der Waals surface area contributed by atoms with E-state index >= 15 is 0 Å². The highest BCUT2D eigenvalue weighted by Crippen LogP contribution is 2.28. The molecule has 0 aliphatic carbocycles. The minimum Gasteiger partial charge on any atom is -0.258 e. The third kappa shape index (κ3) is 2.10. The maximum atomic E-state index is 13.1. The zero-order valence-corrected chi connectivity index (χ0v) is 10.1. The molecule has 7 heteroatoms. The second kappa shape index (κ2) is 4.26. The number of thiazole rings is 1. The standard InChI is InChI=1S/C9H4BrFN2O2S/c10-9-12-7(4-16-9)5-1-2-6(11)8(3-5)13(14)15/h1-4H. The van der Waals surface area contributed by atoms with Crippen LogP contribution in [0.1, 0.15) is 0 Å². The van der Waals surface area contributed by atoms with Crippen molar-refractivity contribution in [1.82, 2.24) is 4.98 Å². The molecule has 82 valence electrons. The average Bonchev–Trinajstić information content (AvgIpc) is 2.65. The van der Waals surface area contributed by atoms with Crippen LogP contribution in [0.5, 0.6) is 0 Å². The number of nitrogens with zero attached hydrogens (tertiary/aromatic N) is 2. The molecular weight excluding hydrogens is 299 g/mol. The van der Waals surface area contributed by atoms with Crippen LogP contribution in [-0.2, 0) is 0 Å². The van der Waals surface area contributed by atoms with Gasteiger partial charge < -0.3 is 0 Å². The average molecular weight is 303 g/mol. The number of halogens is 2. The number of nitro groups is 1. The molecule has 16 heavy (non-hydrogen) atoms. The first-order chi connectivity index (χ1) is 7.58. The van der Waals surface area contributed by atoms with Crippen LogP contribution in [0.3, 0.4) is 0 Å². The summed E-state index contributed by atoms with van der Waals surface area (Å²) >= 11 is 4.55. The fourth-order valence-corrected chi connectivity index (χ4v) is 2.22. The molecule has 0 spiro atoms. The molecule has 0 aliphatic heterocycles. The second-order valence-corrected chi connectivity index (χ2v) is 5.04. The molecule has 0 fully saturated rings. The molecule has 4 nitrogen and oxygen atoms in total. The van der Waals surface area contributed by atoms with E-state index < -0.39 is 16.4 Å². The lowest BCUT2D eigenvalue weighted by atomic mass is 10.1. The van der Waals surface area contributed by atoms with Crippen molar-refractivity contribution in [3.63, 3.8) is 0 Å². The van der Waals surface area contributed by atoms with Crippen LogP contribution in [-0.4, -0.2) is 9.91 Å². The van der Waals surface area contributed by atoms with Crippen molar-refractivity contribution >= 4 is 33.0 Å². The van der Waals surface area contributed by atoms with Gasteiger partial charge in [-0.15, -0.1) is 11.3 Å². The highest BCUT2D eigenvalue weighted by Gasteiger charge is 2.15. The van der Waals surface area contributed by atoms with Gasteiger partial charge in [-0.1, -0.05) is 0 Å². The fraction of sp³-hybridized carbons (Fsp3) is 0. The quantitative estimate of drug-likeness (QED) is 0.629. The maximum absolute atomic E-state index is 13.1. The number of rotatable bonds is 2. The summed E-state index contributed by atoms with van der Waals surface area (Å²) in [7, 11) is 0. The van der Waals surface area contributed by atoms with Crippen LogP contribution in [0.2, 0.25) is 0 Å². The predicted molar refractivity (Wildman–Crippen MR) is 61.9 cm³/mol. The van der Waals surface area contributed by atoms with E-state index in [2.05, 4.69) is 20.9 Å². The van der Waals surface area contributed by atoms with E-state index in [-0.39, 0.29) is 0 Å². The Morgan fingerprint density at radius 1 is 1.50 bits per heavy atom. The molecule has 0 saturated heterocycles. The summed E-state index contributed by atoms with van der Waals surface area (Å²) in [6.07, 6.45) is 0. The van der Waals surface area contributed by atoms with Crippen LogP contribution >= 0.6 is 27.3 Å². The first-order valence-corrected chi connectivity index (χ1v) is 5.80. The summed E-state index contributed by atoms with van der Waals surface area (Å²) in [6.45, 7) is 0. The van der Waals surface area contributed by atoms with Gasteiger partial charge in [-0.3, -0.25) is 10.1 Å². The molecule has 0 saturated carbocycles. The van der Waals surface area contributed by atoms with Gasteiger partial charge in [0.15, 0.2) is 3.92 Å². The highest BCUT2D eigenvalue weighted by molar-refractivity contribution is 9.11. The summed E-state index contributed by atoms with van der Waals surface area (Å²) in [5, 5.41) is 12.3. The van der Waals surface area contributed by atoms with Gasteiger partial charge in [-0.2, -0.15) is 4.39 Å². The molecule has 0 amide bonds. The van der Waals surface area contributed by atoms with Crippen LogP contribution in [0.25, 0.3) is 11.3 Å². The van der Waals surface area contributed by atoms with E-state index in [1.807, 2.05) is 0 Å². The van der Waals surface area contributed by atoms with Gasteiger partial charge in [0.2, 0.25) is 5.82 Å². The minimum atomic E-state index is -0.844. The van der Waals surface area contributed by atoms with Crippen molar-refractivity contribution < 1.29 is 9.31 Å². The molecule has 1 aromatic heterocycles. The van der Waals surface area contributed by atoms with Gasteiger partial charge in [-0.05, 0) is 28.1 Å². The molecule has 0 aliphatic rings. The van der Waals surface area contributed by atoms with Crippen LogP contribution in [0.15, 0.2) is 27.5 Å². The van der Waals surface area contributed by atoms with Gasteiger partial charge in [0.1, 0.15) is 0 Å². The van der Waals surface area contributed by atoms with E-state index in [0.29, 0.717) is 15.2 Å². The van der Waals surface area contributed by atoms with Crippen molar-refractivity contribution in [3.05, 3.63) is 43.4 Å². The van der Waals surface area contributed by atoms with Gasteiger partial charge in [0.05, 0.1) is 10.6 Å². The summed E-state index contributed by atoms with van der Waals surface area (Å²) in [5.41, 5.74) is 0.566. The second-order valence-electron chi connectivity index (χ2n) is 2.91. The Kier molecular flexibility index (Phi) is 2.97. The van der Waals surface area contributed by atoms with Gasteiger partial charge in [0.25, 0.3) is 0 Å². The normalized spacial score (nSPS) is 10.4. The molecule has 2 rings (SSSR count). The molecule has 1 aromatic carbocycles.